The zero-order valence-corrected chi connectivity index (χ0v) is 20.3. The molecule has 1 aliphatic heterocycles. The van der Waals surface area contributed by atoms with Crippen LogP contribution in [-0.2, 0) is 20.9 Å². The molecular weight excluding hydrogens is 503 g/mol. The van der Waals surface area contributed by atoms with Crippen molar-refractivity contribution in [2.75, 3.05) is 13.7 Å². The van der Waals surface area contributed by atoms with Gasteiger partial charge in [0.05, 0.1) is 18.7 Å². The molecule has 0 aromatic heterocycles. The molecule has 1 spiro atoms. The highest BCUT2D eigenvalue weighted by Gasteiger charge is 2.66. The van der Waals surface area contributed by atoms with Gasteiger partial charge in [0.15, 0.2) is 10.1 Å². The summed E-state index contributed by atoms with van der Waals surface area (Å²) in [5.41, 5.74) is -0.429. The molecule has 0 bridgehead atoms. The fourth-order valence-corrected chi connectivity index (χ4v) is 5.46. The number of likely N-dealkylation sites (tertiary alicyclic amines) is 1. The number of carbonyl (C=O) groups excluding carboxylic acids is 3. The number of ketones is 1. The van der Waals surface area contributed by atoms with Crippen molar-refractivity contribution in [2.45, 2.75) is 42.7 Å². The van der Waals surface area contributed by atoms with Crippen LogP contribution in [0.15, 0.2) is 48.5 Å². The summed E-state index contributed by atoms with van der Waals surface area (Å²) in [5.74, 6) is -1.10. The van der Waals surface area contributed by atoms with Crippen LogP contribution in [0, 0.1) is 5.41 Å². The van der Waals surface area contributed by atoms with Gasteiger partial charge < -0.3 is 14.4 Å². The number of alkyl halides is 4. The summed E-state index contributed by atoms with van der Waals surface area (Å²) in [5, 5.41) is 0. The van der Waals surface area contributed by atoms with Gasteiger partial charge >= 0.3 is 12.1 Å². The quantitative estimate of drug-likeness (QED) is 0.352. The highest BCUT2D eigenvalue weighted by Crippen LogP contribution is 2.63. The normalized spacial score (nSPS) is 23.2. The van der Waals surface area contributed by atoms with Crippen LogP contribution in [0.3, 0.4) is 0 Å². The van der Waals surface area contributed by atoms with E-state index in [9.17, 15) is 23.2 Å². The topological polar surface area (TPSA) is 72.9 Å². The molecule has 1 saturated carbocycles. The Bertz CT molecular complexity index is 1140. The lowest BCUT2D eigenvalue weighted by atomic mass is 9.59. The number of hydrogen-bond acceptors (Lipinski definition) is 5. The number of benzene rings is 2. The molecule has 0 N–H and O–H groups in total. The SMILES string of the molecule is COC(=O)c1ccc([C@@H]2CC3(CCN2C(=O)OCc2ccccc2)CC(=O)C3(Cl)Cl)c(C(F)F)c1. The van der Waals surface area contributed by atoms with Crippen LogP contribution in [-0.4, -0.2) is 40.7 Å². The maximum atomic E-state index is 14.1. The summed E-state index contributed by atoms with van der Waals surface area (Å²) in [6.45, 7) is 0.110. The number of methoxy groups -OCH3 is 1. The number of ether oxygens (including phenoxy) is 2. The van der Waals surface area contributed by atoms with Crippen molar-refractivity contribution in [1.82, 2.24) is 4.90 Å². The minimum Gasteiger partial charge on any atom is -0.465 e. The average Bonchev–Trinajstić information content (AvgIpc) is 2.87. The third-order valence-corrected chi connectivity index (χ3v) is 8.07. The molecular formula is C25H23Cl2F2NO5. The summed E-state index contributed by atoms with van der Waals surface area (Å²) >= 11 is 12.7. The van der Waals surface area contributed by atoms with E-state index in [1.807, 2.05) is 18.2 Å². The van der Waals surface area contributed by atoms with E-state index in [2.05, 4.69) is 4.74 Å². The number of esters is 1. The van der Waals surface area contributed by atoms with Crippen molar-refractivity contribution in [3.05, 3.63) is 70.8 Å². The van der Waals surface area contributed by atoms with E-state index < -0.39 is 39.8 Å². The maximum Gasteiger partial charge on any atom is 0.410 e. The van der Waals surface area contributed by atoms with Crippen molar-refractivity contribution in [2.24, 2.45) is 5.41 Å². The highest BCUT2D eigenvalue weighted by atomic mass is 35.5. The van der Waals surface area contributed by atoms with Gasteiger partial charge in [-0.1, -0.05) is 59.6 Å². The first-order chi connectivity index (χ1) is 16.6. The molecule has 0 radical (unpaired) electrons. The summed E-state index contributed by atoms with van der Waals surface area (Å²) in [6, 6.07) is 11.9. The Hall–Kier alpha value is -2.71. The molecule has 2 atom stereocenters. The summed E-state index contributed by atoms with van der Waals surface area (Å²) < 4.78 is 36.7. The summed E-state index contributed by atoms with van der Waals surface area (Å²) in [6.07, 6.45) is -3.13. The van der Waals surface area contributed by atoms with E-state index in [0.717, 1.165) is 18.7 Å². The third-order valence-electron chi connectivity index (χ3n) is 6.85. The van der Waals surface area contributed by atoms with Crippen LogP contribution >= 0.6 is 23.2 Å². The van der Waals surface area contributed by atoms with Gasteiger partial charge in [-0.25, -0.2) is 18.4 Å². The van der Waals surface area contributed by atoms with E-state index in [0.29, 0.717) is 6.42 Å². The van der Waals surface area contributed by atoms with Crippen LogP contribution in [0.4, 0.5) is 13.6 Å². The molecule has 1 saturated heterocycles. The zero-order chi connectivity index (χ0) is 25.4. The monoisotopic (exact) mass is 525 g/mol. The maximum absolute atomic E-state index is 14.1. The lowest BCUT2D eigenvalue weighted by Gasteiger charge is -2.56. The van der Waals surface area contributed by atoms with Crippen molar-refractivity contribution < 1.29 is 32.6 Å². The second-order valence-electron chi connectivity index (χ2n) is 8.79. The van der Waals surface area contributed by atoms with Crippen LogP contribution in [0.1, 0.15) is 58.8 Å². The zero-order valence-electron chi connectivity index (χ0n) is 18.8. The van der Waals surface area contributed by atoms with Crippen molar-refractivity contribution in [1.29, 1.82) is 0 Å². The first-order valence-corrected chi connectivity index (χ1v) is 11.7. The number of halogens is 4. The van der Waals surface area contributed by atoms with Gasteiger partial charge in [-0.3, -0.25) is 4.79 Å². The molecule has 1 aliphatic carbocycles. The molecule has 186 valence electrons. The fourth-order valence-electron chi connectivity index (χ4n) is 4.85. The number of amides is 1. The lowest BCUT2D eigenvalue weighted by Crippen LogP contribution is -2.62. The van der Waals surface area contributed by atoms with E-state index in [1.54, 1.807) is 12.1 Å². The smallest absolute Gasteiger partial charge is 0.410 e. The molecule has 10 heteroatoms. The Morgan fingerprint density at radius 3 is 2.49 bits per heavy atom. The average molecular weight is 526 g/mol. The number of piperidine rings is 1. The molecule has 2 aromatic rings. The number of carbonyl (C=O) groups is 3. The van der Waals surface area contributed by atoms with Crippen molar-refractivity contribution in [3.8, 4) is 0 Å². The lowest BCUT2D eigenvalue weighted by molar-refractivity contribution is -0.139. The van der Waals surface area contributed by atoms with Crippen LogP contribution < -0.4 is 0 Å². The predicted molar refractivity (Wildman–Crippen MR) is 125 cm³/mol. The summed E-state index contributed by atoms with van der Waals surface area (Å²) in [4.78, 5) is 38.5. The Morgan fingerprint density at radius 1 is 1.17 bits per heavy atom. The van der Waals surface area contributed by atoms with Crippen LogP contribution in [0.2, 0.25) is 0 Å². The number of Topliss-reactive ketones (excluding diaryl/α,β-unsaturated/α-hetero) is 1. The second kappa shape index (κ2) is 9.74. The highest BCUT2D eigenvalue weighted by molar-refractivity contribution is 6.61. The van der Waals surface area contributed by atoms with E-state index >= 15 is 0 Å². The van der Waals surface area contributed by atoms with Gasteiger partial charge in [0.1, 0.15) is 6.61 Å². The van der Waals surface area contributed by atoms with Crippen molar-refractivity contribution >= 4 is 41.0 Å². The second-order valence-corrected chi connectivity index (χ2v) is 10.1. The van der Waals surface area contributed by atoms with E-state index in [-0.39, 0.29) is 42.9 Å². The molecule has 1 unspecified atom stereocenters. The van der Waals surface area contributed by atoms with Gasteiger partial charge in [-0.2, -0.15) is 0 Å². The Labute approximate surface area is 211 Å². The molecule has 4 rings (SSSR count). The Morgan fingerprint density at radius 2 is 1.89 bits per heavy atom. The predicted octanol–water partition coefficient (Wildman–Crippen LogP) is 6.02. The van der Waals surface area contributed by atoms with E-state index in [1.165, 1.54) is 17.0 Å². The Kier molecular flexibility index (Phi) is 7.06. The standard InChI is InChI=1S/C25H23Cl2F2NO5/c1-34-22(32)16-7-8-17(18(11-16)21(28)29)19-12-24(13-20(31)25(24,26)27)9-10-30(19)23(33)35-14-15-5-3-2-4-6-15/h2-8,11,19,21H,9-10,12-14H2,1H3/t19-,24?/m0/s1. The number of hydrogen-bond donors (Lipinski definition) is 0. The van der Waals surface area contributed by atoms with Crippen LogP contribution in [0.25, 0.3) is 0 Å². The molecule has 1 amide bonds. The number of nitrogens with zero attached hydrogens (tertiary/aromatic N) is 1. The molecule has 1 heterocycles. The molecule has 2 aromatic carbocycles. The fraction of sp³-hybridized carbons (Fsp3) is 0.400. The minimum atomic E-state index is -2.94. The first kappa shape index (κ1) is 25.4. The third kappa shape index (κ3) is 4.61. The molecule has 6 nitrogen and oxygen atoms in total. The van der Waals surface area contributed by atoms with Crippen LogP contribution in [0.5, 0.6) is 0 Å². The van der Waals surface area contributed by atoms with Gasteiger partial charge in [0.25, 0.3) is 6.43 Å². The number of rotatable bonds is 5. The van der Waals surface area contributed by atoms with E-state index in [4.69, 9.17) is 27.9 Å². The largest absolute Gasteiger partial charge is 0.465 e. The molecule has 35 heavy (non-hydrogen) atoms. The molecule has 2 aliphatic rings. The van der Waals surface area contributed by atoms with Gasteiger partial charge in [0.2, 0.25) is 0 Å². The first-order valence-electron chi connectivity index (χ1n) is 11.0. The van der Waals surface area contributed by atoms with Crippen molar-refractivity contribution in [3.63, 3.8) is 0 Å². The Balaban J connectivity index is 1.69. The van der Waals surface area contributed by atoms with Gasteiger partial charge in [-0.05, 0) is 36.1 Å². The minimum absolute atomic E-state index is 0.00442. The van der Waals surface area contributed by atoms with Gasteiger partial charge in [0, 0.05) is 23.9 Å². The summed E-state index contributed by atoms with van der Waals surface area (Å²) in [7, 11) is 1.15. The van der Waals surface area contributed by atoms with Gasteiger partial charge in [-0.15, -0.1) is 0 Å². The molecule has 2 fully saturated rings.